The summed E-state index contributed by atoms with van der Waals surface area (Å²) in [4.78, 5) is 16.0. The fourth-order valence-electron chi connectivity index (χ4n) is 1.35. The second-order valence-corrected chi connectivity index (χ2v) is 3.94. The lowest BCUT2D eigenvalue weighted by atomic mass is 10.1. The number of pyridine rings is 1. The molecule has 2 heterocycles. The van der Waals surface area contributed by atoms with Crippen LogP contribution in [0.1, 0.15) is 35.9 Å². The van der Waals surface area contributed by atoms with Crippen LogP contribution in [-0.4, -0.2) is 16.0 Å². The van der Waals surface area contributed by atoms with Gasteiger partial charge in [0, 0.05) is 11.8 Å². The van der Waals surface area contributed by atoms with E-state index in [1.807, 2.05) is 26.0 Å². The summed E-state index contributed by atoms with van der Waals surface area (Å²) in [5.41, 5.74) is 1.17. The molecule has 0 radical (unpaired) electrons. The molecule has 2 rings (SSSR count). The Labute approximate surface area is 98.8 Å². The van der Waals surface area contributed by atoms with Crippen LogP contribution in [0.2, 0.25) is 0 Å². The van der Waals surface area contributed by atoms with Gasteiger partial charge in [-0.25, -0.2) is 4.98 Å². The quantitative estimate of drug-likeness (QED) is 0.880. The summed E-state index contributed by atoms with van der Waals surface area (Å²) in [5.74, 6) is 0.509. The van der Waals surface area contributed by atoms with E-state index >= 15 is 0 Å². The van der Waals surface area contributed by atoms with Crippen molar-refractivity contribution in [3.8, 4) is 0 Å². The van der Waals surface area contributed by atoms with Crippen molar-refractivity contribution in [1.82, 2.24) is 10.1 Å². The van der Waals surface area contributed by atoms with Gasteiger partial charge in [0.2, 0.25) is 0 Å². The highest BCUT2D eigenvalue weighted by Crippen LogP contribution is 2.14. The molecule has 0 aliphatic heterocycles. The number of nitrogens with zero attached hydrogens (tertiary/aromatic N) is 2. The molecule has 0 atom stereocenters. The molecule has 0 saturated heterocycles. The number of nitrogens with one attached hydrogen (secondary N) is 1. The Morgan fingerprint density at radius 1 is 1.35 bits per heavy atom. The molecule has 0 bridgehead atoms. The molecule has 2 aromatic heterocycles. The Balaban J connectivity index is 2.14. The second kappa shape index (κ2) is 4.78. The lowest BCUT2D eigenvalue weighted by Crippen LogP contribution is -2.13. The van der Waals surface area contributed by atoms with Gasteiger partial charge in [0.25, 0.3) is 5.91 Å². The van der Waals surface area contributed by atoms with Crippen molar-refractivity contribution >= 4 is 11.7 Å². The molecular formula is C12H13N3O2. The van der Waals surface area contributed by atoms with Gasteiger partial charge in [-0.2, -0.15) is 0 Å². The third-order valence-electron chi connectivity index (χ3n) is 2.27. The van der Waals surface area contributed by atoms with E-state index in [-0.39, 0.29) is 11.6 Å². The summed E-state index contributed by atoms with van der Waals surface area (Å²) in [6, 6.07) is 7.03. The number of hydrogen-bond donors (Lipinski definition) is 1. The van der Waals surface area contributed by atoms with E-state index < -0.39 is 0 Å². The summed E-state index contributed by atoms with van der Waals surface area (Å²) in [7, 11) is 0. The van der Waals surface area contributed by atoms with Crippen LogP contribution in [0, 0.1) is 0 Å². The summed E-state index contributed by atoms with van der Waals surface area (Å²) in [6.45, 7) is 4.09. The van der Waals surface area contributed by atoms with Gasteiger partial charge in [0.1, 0.15) is 12.1 Å². The first kappa shape index (κ1) is 11.3. The molecule has 5 nitrogen and oxygen atoms in total. The minimum absolute atomic E-state index is 0.238. The predicted octanol–water partition coefficient (Wildman–Crippen LogP) is 2.45. The van der Waals surface area contributed by atoms with Crippen LogP contribution in [0.4, 0.5) is 5.82 Å². The molecule has 0 spiro atoms. The highest BCUT2D eigenvalue weighted by Gasteiger charge is 2.10. The lowest BCUT2D eigenvalue weighted by molar-refractivity contribution is 0.101. The van der Waals surface area contributed by atoms with Crippen LogP contribution in [0.5, 0.6) is 0 Å². The summed E-state index contributed by atoms with van der Waals surface area (Å²) >= 11 is 0. The van der Waals surface area contributed by atoms with Gasteiger partial charge >= 0.3 is 0 Å². The molecule has 0 unspecified atom stereocenters. The van der Waals surface area contributed by atoms with Crippen molar-refractivity contribution in [2.75, 3.05) is 5.32 Å². The minimum Gasteiger partial charge on any atom is -0.364 e. The summed E-state index contributed by atoms with van der Waals surface area (Å²) in [6.07, 6.45) is 1.35. The smallest absolute Gasteiger partial charge is 0.278 e. The van der Waals surface area contributed by atoms with Gasteiger partial charge in [0.05, 0.1) is 0 Å². The highest BCUT2D eigenvalue weighted by molar-refractivity contribution is 6.02. The fraction of sp³-hybridized carbons (Fsp3) is 0.250. The molecule has 1 amide bonds. The van der Waals surface area contributed by atoms with Gasteiger partial charge < -0.3 is 9.84 Å². The number of amides is 1. The third-order valence-corrected chi connectivity index (χ3v) is 2.27. The van der Waals surface area contributed by atoms with E-state index in [0.29, 0.717) is 11.7 Å². The van der Waals surface area contributed by atoms with Crippen LogP contribution in [0.15, 0.2) is 35.1 Å². The highest BCUT2D eigenvalue weighted by atomic mass is 16.5. The van der Waals surface area contributed by atoms with Crippen molar-refractivity contribution in [2.24, 2.45) is 0 Å². The molecule has 1 N–H and O–H groups in total. The van der Waals surface area contributed by atoms with E-state index in [0.717, 1.165) is 5.69 Å². The molecule has 88 valence electrons. The third kappa shape index (κ3) is 2.69. The average molecular weight is 231 g/mol. The van der Waals surface area contributed by atoms with Crippen LogP contribution in [0.25, 0.3) is 0 Å². The van der Waals surface area contributed by atoms with Crippen LogP contribution in [-0.2, 0) is 0 Å². The van der Waals surface area contributed by atoms with E-state index in [4.69, 9.17) is 0 Å². The molecule has 0 aliphatic carbocycles. The first-order chi connectivity index (χ1) is 8.16. The molecule has 0 aromatic carbocycles. The van der Waals surface area contributed by atoms with Gasteiger partial charge in [-0.15, -0.1) is 0 Å². The topological polar surface area (TPSA) is 68.0 Å². The number of carbonyl (C=O) groups is 1. The normalized spacial score (nSPS) is 10.5. The van der Waals surface area contributed by atoms with Crippen molar-refractivity contribution in [3.63, 3.8) is 0 Å². The zero-order chi connectivity index (χ0) is 12.3. The van der Waals surface area contributed by atoms with Crippen molar-refractivity contribution in [2.45, 2.75) is 19.8 Å². The number of aromatic nitrogens is 2. The molecule has 0 aliphatic rings. The molecule has 17 heavy (non-hydrogen) atoms. The largest absolute Gasteiger partial charge is 0.364 e. The van der Waals surface area contributed by atoms with Crippen molar-refractivity contribution in [1.29, 1.82) is 0 Å². The average Bonchev–Trinajstić information content (AvgIpc) is 2.82. The van der Waals surface area contributed by atoms with Crippen LogP contribution in [0.3, 0.4) is 0 Å². The maximum Gasteiger partial charge on any atom is 0.278 e. The number of carbonyl (C=O) groups excluding carboxylic acids is 1. The lowest BCUT2D eigenvalue weighted by Gasteiger charge is -2.07. The van der Waals surface area contributed by atoms with Crippen LogP contribution < -0.4 is 5.32 Å². The van der Waals surface area contributed by atoms with E-state index in [9.17, 15) is 4.79 Å². The molecule has 5 heteroatoms. The molecule has 0 saturated carbocycles. The Hall–Kier alpha value is -2.17. The zero-order valence-corrected chi connectivity index (χ0v) is 9.68. The van der Waals surface area contributed by atoms with Crippen molar-refractivity contribution < 1.29 is 9.32 Å². The SMILES string of the molecule is CC(C)c1cccc(NC(=O)c2ccon2)n1. The maximum atomic E-state index is 11.7. The van der Waals surface area contributed by atoms with Gasteiger partial charge in [0.15, 0.2) is 5.69 Å². The molecule has 0 fully saturated rings. The Bertz CT molecular complexity index is 506. The summed E-state index contributed by atoms with van der Waals surface area (Å²) < 4.78 is 4.60. The van der Waals surface area contributed by atoms with E-state index in [2.05, 4.69) is 20.0 Å². The van der Waals surface area contributed by atoms with E-state index in [1.54, 1.807) is 6.07 Å². The maximum absolute atomic E-state index is 11.7. The second-order valence-electron chi connectivity index (χ2n) is 3.94. The number of hydrogen-bond acceptors (Lipinski definition) is 4. The zero-order valence-electron chi connectivity index (χ0n) is 9.68. The van der Waals surface area contributed by atoms with Gasteiger partial charge in [-0.1, -0.05) is 25.1 Å². The first-order valence-electron chi connectivity index (χ1n) is 5.35. The monoisotopic (exact) mass is 231 g/mol. The minimum atomic E-state index is -0.327. The fourth-order valence-corrected chi connectivity index (χ4v) is 1.35. The van der Waals surface area contributed by atoms with Crippen LogP contribution >= 0.6 is 0 Å². The van der Waals surface area contributed by atoms with Gasteiger partial charge in [-0.3, -0.25) is 4.79 Å². The Morgan fingerprint density at radius 2 is 2.18 bits per heavy atom. The van der Waals surface area contributed by atoms with E-state index in [1.165, 1.54) is 12.3 Å². The first-order valence-corrected chi connectivity index (χ1v) is 5.35. The Kier molecular flexibility index (Phi) is 3.18. The van der Waals surface area contributed by atoms with Gasteiger partial charge in [-0.05, 0) is 18.1 Å². The molecule has 2 aromatic rings. The number of rotatable bonds is 3. The Morgan fingerprint density at radius 3 is 2.82 bits per heavy atom. The molecular weight excluding hydrogens is 218 g/mol. The standard InChI is InChI=1S/C12H13N3O2/c1-8(2)9-4-3-5-11(13-9)14-12(16)10-6-7-17-15-10/h3-8H,1-2H3,(H,13,14,16). The number of anilines is 1. The van der Waals surface area contributed by atoms with Crippen molar-refractivity contribution in [3.05, 3.63) is 41.9 Å². The summed E-state index contributed by atoms with van der Waals surface area (Å²) in [5, 5.41) is 6.22. The predicted molar refractivity (Wildman–Crippen MR) is 62.8 cm³/mol.